The fourth-order valence-electron chi connectivity index (χ4n) is 3.57. The number of hydrogen-bond donors (Lipinski definition) is 1. The van der Waals surface area contributed by atoms with Crippen molar-refractivity contribution in [2.45, 2.75) is 91.1 Å². The van der Waals surface area contributed by atoms with Crippen LogP contribution in [-0.4, -0.2) is 35.3 Å². The molecule has 2 saturated carbocycles. The summed E-state index contributed by atoms with van der Waals surface area (Å²) in [6.07, 6.45) is 8.87. The van der Waals surface area contributed by atoms with E-state index in [-0.39, 0.29) is 11.8 Å². The molecule has 0 aromatic rings. The van der Waals surface area contributed by atoms with Crippen molar-refractivity contribution in [2.24, 2.45) is 11.3 Å². The van der Waals surface area contributed by atoms with Gasteiger partial charge in [0.15, 0.2) is 0 Å². The maximum absolute atomic E-state index is 12.7. The summed E-state index contributed by atoms with van der Waals surface area (Å²) in [6.45, 7) is 8.42. The van der Waals surface area contributed by atoms with Gasteiger partial charge in [0.1, 0.15) is 0 Å². The van der Waals surface area contributed by atoms with E-state index in [1.165, 1.54) is 19.3 Å². The van der Waals surface area contributed by atoms with Crippen LogP contribution in [0.4, 0.5) is 0 Å². The zero-order chi connectivity index (χ0) is 17.0. The van der Waals surface area contributed by atoms with Gasteiger partial charge in [0.05, 0.1) is 0 Å². The molecular formula is C19H34N2O2. The van der Waals surface area contributed by atoms with Gasteiger partial charge in [0.2, 0.25) is 11.8 Å². The summed E-state index contributed by atoms with van der Waals surface area (Å²) in [4.78, 5) is 26.8. The second-order valence-corrected chi connectivity index (χ2v) is 8.37. The molecular weight excluding hydrogens is 288 g/mol. The molecule has 2 aliphatic rings. The Labute approximate surface area is 141 Å². The molecule has 2 fully saturated rings. The Hall–Kier alpha value is -1.06. The molecule has 0 atom stereocenters. The number of carbonyl (C=O) groups is 2. The lowest BCUT2D eigenvalue weighted by molar-refractivity contribution is -0.135. The molecule has 0 spiro atoms. The van der Waals surface area contributed by atoms with Crippen molar-refractivity contribution in [3.63, 3.8) is 0 Å². The highest BCUT2D eigenvalue weighted by atomic mass is 16.2. The first-order valence-electron chi connectivity index (χ1n) is 9.42. The topological polar surface area (TPSA) is 49.4 Å². The molecule has 4 nitrogen and oxygen atoms in total. The third kappa shape index (κ3) is 5.22. The van der Waals surface area contributed by atoms with Crippen molar-refractivity contribution in [1.29, 1.82) is 0 Å². The molecule has 0 saturated heterocycles. The number of hydrogen-bond acceptors (Lipinski definition) is 2. The van der Waals surface area contributed by atoms with E-state index < -0.39 is 5.41 Å². The lowest BCUT2D eigenvalue weighted by Crippen LogP contribution is -2.45. The Kier molecular flexibility index (Phi) is 6.10. The van der Waals surface area contributed by atoms with Crippen LogP contribution in [0.15, 0.2) is 0 Å². The van der Waals surface area contributed by atoms with Gasteiger partial charge in [-0.1, -0.05) is 34.1 Å². The highest BCUT2D eigenvalue weighted by molar-refractivity contribution is 5.82. The number of carbonyl (C=O) groups excluding carboxylic acids is 2. The van der Waals surface area contributed by atoms with E-state index in [0.29, 0.717) is 25.0 Å². The normalized spacial score (nSPS) is 25.0. The summed E-state index contributed by atoms with van der Waals surface area (Å²) in [6, 6.07) is 0.917. The molecule has 0 aromatic carbocycles. The quantitative estimate of drug-likeness (QED) is 0.813. The molecule has 0 aromatic heterocycles. The van der Waals surface area contributed by atoms with Crippen LogP contribution in [0.5, 0.6) is 0 Å². The molecule has 132 valence electrons. The van der Waals surface area contributed by atoms with Crippen molar-refractivity contribution < 1.29 is 9.59 Å². The molecule has 0 radical (unpaired) electrons. The van der Waals surface area contributed by atoms with Crippen LogP contribution in [0, 0.1) is 11.3 Å². The van der Waals surface area contributed by atoms with Gasteiger partial charge in [-0.25, -0.2) is 0 Å². The summed E-state index contributed by atoms with van der Waals surface area (Å²) >= 11 is 0. The second kappa shape index (κ2) is 7.67. The summed E-state index contributed by atoms with van der Waals surface area (Å²) in [7, 11) is 0. The van der Waals surface area contributed by atoms with Crippen LogP contribution < -0.4 is 5.32 Å². The molecule has 0 unspecified atom stereocenters. The van der Waals surface area contributed by atoms with Gasteiger partial charge in [-0.3, -0.25) is 9.59 Å². The predicted octanol–water partition coefficient (Wildman–Crippen LogP) is 3.50. The minimum atomic E-state index is -0.391. The Bertz CT molecular complexity index is 416. The van der Waals surface area contributed by atoms with Crippen molar-refractivity contribution in [1.82, 2.24) is 10.2 Å². The molecule has 2 rings (SSSR count). The summed E-state index contributed by atoms with van der Waals surface area (Å²) < 4.78 is 0. The Morgan fingerprint density at radius 3 is 1.96 bits per heavy atom. The van der Waals surface area contributed by atoms with Crippen LogP contribution >= 0.6 is 0 Å². The average molecular weight is 322 g/mol. The van der Waals surface area contributed by atoms with E-state index in [1.54, 1.807) is 0 Å². The third-order valence-electron chi connectivity index (χ3n) is 5.32. The third-order valence-corrected chi connectivity index (χ3v) is 5.32. The van der Waals surface area contributed by atoms with Crippen LogP contribution in [-0.2, 0) is 9.59 Å². The van der Waals surface area contributed by atoms with E-state index in [4.69, 9.17) is 0 Å². The largest absolute Gasteiger partial charge is 0.355 e. The van der Waals surface area contributed by atoms with E-state index in [9.17, 15) is 9.59 Å². The first-order chi connectivity index (χ1) is 10.8. The number of amides is 2. The van der Waals surface area contributed by atoms with Crippen LogP contribution in [0.1, 0.15) is 79.1 Å². The summed E-state index contributed by atoms with van der Waals surface area (Å²) in [5, 5.41) is 2.90. The van der Waals surface area contributed by atoms with Crippen molar-refractivity contribution in [3.8, 4) is 0 Å². The molecule has 23 heavy (non-hydrogen) atoms. The van der Waals surface area contributed by atoms with E-state index >= 15 is 0 Å². The summed E-state index contributed by atoms with van der Waals surface area (Å²) in [5.74, 6) is 1.11. The van der Waals surface area contributed by atoms with Crippen LogP contribution in [0.2, 0.25) is 0 Å². The van der Waals surface area contributed by atoms with Crippen molar-refractivity contribution >= 4 is 11.8 Å². The molecule has 2 amide bonds. The van der Waals surface area contributed by atoms with Crippen LogP contribution in [0.3, 0.4) is 0 Å². The first-order valence-corrected chi connectivity index (χ1v) is 9.42. The van der Waals surface area contributed by atoms with Gasteiger partial charge in [-0.2, -0.15) is 0 Å². The number of rotatable bonds is 6. The maximum Gasteiger partial charge on any atom is 0.225 e. The maximum atomic E-state index is 12.7. The van der Waals surface area contributed by atoms with Crippen molar-refractivity contribution in [3.05, 3.63) is 0 Å². The monoisotopic (exact) mass is 322 g/mol. The lowest BCUT2D eigenvalue weighted by Gasteiger charge is -2.37. The van der Waals surface area contributed by atoms with E-state index in [2.05, 4.69) is 17.1 Å². The average Bonchev–Trinajstić information content (AvgIpc) is 3.32. The first kappa shape index (κ1) is 18.3. The Morgan fingerprint density at radius 2 is 1.52 bits per heavy atom. The minimum Gasteiger partial charge on any atom is -0.355 e. The zero-order valence-corrected chi connectivity index (χ0v) is 15.4. The highest BCUT2D eigenvalue weighted by Gasteiger charge is 2.38. The zero-order valence-electron chi connectivity index (χ0n) is 15.4. The van der Waals surface area contributed by atoms with Gasteiger partial charge in [-0.15, -0.1) is 0 Å². The number of nitrogens with zero attached hydrogens (tertiary/aromatic N) is 1. The lowest BCUT2D eigenvalue weighted by atomic mass is 9.83. The molecule has 0 heterocycles. The molecule has 0 aliphatic heterocycles. The SMILES string of the molecule is CCC1CCC(N(C(=O)CCNC(=O)C(C)(C)C)C2CC2)CC1. The standard InChI is InChI=1S/C19H34N2O2/c1-5-14-6-8-15(9-7-14)21(16-10-11-16)17(22)12-13-20-18(23)19(2,3)4/h14-16H,5-13H2,1-4H3,(H,20,23). The highest BCUT2D eigenvalue weighted by Crippen LogP contribution is 2.36. The fraction of sp³-hybridized carbons (Fsp3) is 0.895. The minimum absolute atomic E-state index is 0.0201. The predicted molar refractivity (Wildman–Crippen MR) is 93.0 cm³/mol. The fourth-order valence-corrected chi connectivity index (χ4v) is 3.57. The molecule has 2 aliphatic carbocycles. The Balaban J connectivity index is 1.81. The Morgan fingerprint density at radius 1 is 1.00 bits per heavy atom. The van der Waals surface area contributed by atoms with E-state index in [1.807, 2.05) is 20.8 Å². The number of nitrogens with one attached hydrogen (secondary N) is 1. The second-order valence-electron chi connectivity index (χ2n) is 8.37. The van der Waals surface area contributed by atoms with Gasteiger partial charge < -0.3 is 10.2 Å². The molecule has 1 N–H and O–H groups in total. The summed E-state index contributed by atoms with van der Waals surface area (Å²) in [5.41, 5.74) is -0.391. The van der Waals surface area contributed by atoms with Gasteiger partial charge in [0, 0.05) is 30.5 Å². The smallest absolute Gasteiger partial charge is 0.225 e. The van der Waals surface area contributed by atoms with Gasteiger partial charge in [0.25, 0.3) is 0 Å². The molecule has 4 heteroatoms. The van der Waals surface area contributed by atoms with E-state index in [0.717, 1.165) is 31.6 Å². The molecule has 0 bridgehead atoms. The van der Waals surface area contributed by atoms with Gasteiger partial charge in [-0.05, 0) is 44.4 Å². The van der Waals surface area contributed by atoms with Gasteiger partial charge >= 0.3 is 0 Å². The van der Waals surface area contributed by atoms with Crippen molar-refractivity contribution in [2.75, 3.05) is 6.54 Å². The van der Waals surface area contributed by atoms with Crippen LogP contribution in [0.25, 0.3) is 0 Å².